The highest BCUT2D eigenvalue weighted by atomic mass is 16.5. The Kier molecular flexibility index (Phi) is 3.80. The van der Waals surface area contributed by atoms with Gasteiger partial charge in [0.05, 0.1) is 0 Å². The van der Waals surface area contributed by atoms with Crippen LogP contribution in [-0.2, 0) is 0 Å². The smallest absolute Gasteiger partial charge is 0.321 e. The number of nitrogens with zero attached hydrogens (tertiary/aromatic N) is 2. The quantitative estimate of drug-likeness (QED) is 0.851. The van der Waals surface area contributed by atoms with Crippen LogP contribution in [0.2, 0.25) is 0 Å². The highest BCUT2D eigenvalue weighted by Crippen LogP contribution is 2.34. The van der Waals surface area contributed by atoms with Crippen molar-refractivity contribution in [3.63, 3.8) is 0 Å². The third-order valence-electron chi connectivity index (χ3n) is 3.35. The van der Waals surface area contributed by atoms with Crippen LogP contribution in [-0.4, -0.2) is 16.7 Å². The molecule has 1 aromatic heterocycles. The summed E-state index contributed by atoms with van der Waals surface area (Å²) in [5.41, 5.74) is 0. The third-order valence-corrected chi connectivity index (χ3v) is 3.35. The molecule has 0 radical (unpaired) electrons. The lowest BCUT2D eigenvalue weighted by Crippen LogP contribution is -2.12. The molecule has 0 saturated heterocycles. The molecule has 0 aliphatic heterocycles. The number of aromatic nitrogens is 2. The molecule has 1 saturated carbocycles. The molecule has 0 atom stereocenters. The lowest BCUT2D eigenvalue weighted by molar-refractivity contribution is 0.329. The molecule has 0 bridgehead atoms. The first-order valence-corrected chi connectivity index (χ1v) is 6.37. The summed E-state index contributed by atoms with van der Waals surface area (Å²) >= 11 is 0. The van der Waals surface area contributed by atoms with Crippen LogP contribution in [0.1, 0.15) is 57.7 Å². The highest BCUT2D eigenvalue weighted by molar-refractivity contribution is 5.19. The summed E-state index contributed by atoms with van der Waals surface area (Å²) < 4.78 is 5.17. The summed E-state index contributed by atoms with van der Waals surface area (Å²) in [5, 5.41) is 7.19. The van der Waals surface area contributed by atoms with Gasteiger partial charge in [0.2, 0.25) is 0 Å². The fourth-order valence-corrected chi connectivity index (χ4v) is 2.22. The Morgan fingerprint density at radius 1 is 1.31 bits per heavy atom. The van der Waals surface area contributed by atoms with Gasteiger partial charge in [-0.15, -0.1) is 0 Å². The second-order valence-electron chi connectivity index (χ2n) is 4.84. The Morgan fingerprint density at radius 3 is 2.75 bits per heavy atom. The molecule has 2 rings (SSSR count). The number of hydrogen-bond acceptors (Lipinski definition) is 4. The number of hydrogen-bond donors (Lipinski definition) is 1. The van der Waals surface area contributed by atoms with Gasteiger partial charge in [-0.2, -0.15) is 4.98 Å². The molecule has 0 spiro atoms. The Hall–Kier alpha value is -1.06. The van der Waals surface area contributed by atoms with Gasteiger partial charge < -0.3 is 9.84 Å². The van der Waals surface area contributed by atoms with Crippen molar-refractivity contribution in [2.75, 3.05) is 11.9 Å². The molecule has 1 N–H and O–H groups in total. The van der Waals surface area contributed by atoms with Gasteiger partial charge in [0.25, 0.3) is 0 Å². The van der Waals surface area contributed by atoms with Gasteiger partial charge in [-0.25, -0.2) is 0 Å². The molecule has 1 aliphatic carbocycles. The zero-order valence-electron chi connectivity index (χ0n) is 10.2. The van der Waals surface area contributed by atoms with Crippen LogP contribution >= 0.6 is 0 Å². The van der Waals surface area contributed by atoms with E-state index in [0.29, 0.717) is 11.9 Å². The number of nitrogens with one attached hydrogen (secondary N) is 1. The van der Waals surface area contributed by atoms with Gasteiger partial charge >= 0.3 is 6.01 Å². The molecule has 4 nitrogen and oxygen atoms in total. The summed E-state index contributed by atoms with van der Waals surface area (Å²) in [5.74, 6) is 2.27. The average Bonchev–Trinajstić information content (AvgIpc) is 2.76. The van der Waals surface area contributed by atoms with E-state index in [-0.39, 0.29) is 0 Å². The van der Waals surface area contributed by atoms with Crippen molar-refractivity contribution in [2.24, 2.45) is 5.92 Å². The predicted molar refractivity (Wildman–Crippen MR) is 63.5 cm³/mol. The minimum Gasteiger partial charge on any atom is -0.338 e. The number of rotatable bonds is 4. The molecule has 1 fully saturated rings. The van der Waals surface area contributed by atoms with E-state index >= 15 is 0 Å². The molecule has 1 aliphatic rings. The second-order valence-corrected chi connectivity index (χ2v) is 4.84. The Balaban J connectivity index is 1.91. The fourth-order valence-electron chi connectivity index (χ4n) is 2.22. The maximum absolute atomic E-state index is 5.17. The van der Waals surface area contributed by atoms with E-state index in [1.54, 1.807) is 0 Å². The van der Waals surface area contributed by atoms with Crippen LogP contribution in [0.25, 0.3) is 0 Å². The zero-order chi connectivity index (χ0) is 11.4. The van der Waals surface area contributed by atoms with Crippen LogP contribution in [0.4, 0.5) is 6.01 Å². The minimum absolute atomic E-state index is 0.511. The number of anilines is 1. The molecule has 1 heterocycles. The second kappa shape index (κ2) is 5.32. The van der Waals surface area contributed by atoms with E-state index in [1.807, 2.05) is 0 Å². The van der Waals surface area contributed by atoms with Crippen LogP contribution in [0.3, 0.4) is 0 Å². The summed E-state index contributed by atoms with van der Waals surface area (Å²) in [6.07, 6.45) is 6.05. The van der Waals surface area contributed by atoms with Crippen molar-refractivity contribution >= 4 is 6.01 Å². The summed E-state index contributed by atoms with van der Waals surface area (Å²) in [6.45, 7) is 5.33. The predicted octanol–water partition coefficient (Wildman–Crippen LogP) is 3.19. The van der Waals surface area contributed by atoms with E-state index in [0.717, 1.165) is 24.7 Å². The zero-order valence-corrected chi connectivity index (χ0v) is 10.2. The highest BCUT2D eigenvalue weighted by Gasteiger charge is 2.23. The first-order valence-electron chi connectivity index (χ1n) is 6.37. The molecular weight excluding hydrogens is 202 g/mol. The SMILES string of the molecule is CCCNc1nc(C2CCC(C)CC2)no1. The lowest BCUT2D eigenvalue weighted by Gasteiger charge is -2.23. The van der Waals surface area contributed by atoms with Crippen LogP contribution in [0.5, 0.6) is 0 Å². The average molecular weight is 223 g/mol. The van der Waals surface area contributed by atoms with Crippen molar-refractivity contribution in [2.45, 2.75) is 51.9 Å². The van der Waals surface area contributed by atoms with Gasteiger partial charge in [-0.05, 0) is 25.2 Å². The van der Waals surface area contributed by atoms with Crippen LogP contribution in [0, 0.1) is 5.92 Å². The Morgan fingerprint density at radius 2 is 2.06 bits per heavy atom. The Labute approximate surface area is 96.8 Å². The van der Waals surface area contributed by atoms with Crippen molar-refractivity contribution in [1.29, 1.82) is 0 Å². The standard InChI is InChI=1S/C12H21N3O/c1-3-8-13-12-14-11(15-16-12)10-6-4-9(2)5-7-10/h9-10H,3-8H2,1-2H3,(H,13,14,15). The molecule has 0 amide bonds. The molecule has 16 heavy (non-hydrogen) atoms. The first-order chi connectivity index (χ1) is 7.79. The lowest BCUT2D eigenvalue weighted by atomic mass is 9.83. The van der Waals surface area contributed by atoms with Gasteiger partial charge in [-0.1, -0.05) is 31.8 Å². The van der Waals surface area contributed by atoms with Crippen molar-refractivity contribution in [3.8, 4) is 0 Å². The fraction of sp³-hybridized carbons (Fsp3) is 0.833. The summed E-state index contributed by atoms with van der Waals surface area (Å²) in [4.78, 5) is 4.41. The van der Waals surface area contributed by atoms with Gasteiger partial charge in [0.15, 0.2) is 5.82 Å². The normalized spacial score (nSPS) is 25.6. The first kappa shape index (κ1) is 11.4. The maximum Gasteiger partial charge on any atom is 0.321 e. The van der Waals surface area contributed by atoms with Crippen molar-refractivity contribution < 1.29 is 4.52 Å². The van der Waals surface area contributed by atoms with E-state index in [9.17, 15) is 0 Å². The minimum atomic E-state index is 0.511. The maximum atomic E-state index is 5.17. The van der Waals surface area contributed by atoms with Gasteiger partial charge in [0, 0.05) is 12.5 Å². The third kappa shape index (κ3) is 2.74. The molecule has 90 valence electrons. The van der Waals surface area contributed by atoms with E-state index in [1.165, 1.54) is 25.7 Å². The largest absolute Gasteiger partial charge is 0.338 e. The summed E-state index contributed by atoms with van der Waals surface area (Å²) in [7, 11) is 0. The van der Waals surface area contributed by atoms with E-state index < -0.39 is 0 Å². The van der Waals surface area contributed by atoms with E-state index in [4.69, 9.17) is 4.52 Å². The molecular formula is C12H21N3O. The van der Waals surface area contributed by atoms with Gasteiger partial charge in [-0.3, -0.25) is 0 Å². The topological polar surface area (TPSA) is 51.0 Å². The van der Waals surface area contributed by atoms with Crippen LogP contribution < -0.4 is 5.32 Å². The molecule has 1 aromatic rings. The molecule has 0 unspecified atom stereocenters. The van der Waals surface area contributed by atoms with Gasteiger partial charge in [0.1, 0.15) is 0 Å². The molecule has 4 heteroatoms. The van der Waals surface area contributed by atoms with Crippen molar-refractivity contribution in [3.05, 3.63) is 5.82 Å². The Bertz CT molecular complexity index is 316. The molecule has 0 aromatic carbocycles. The monoisotopic (exact) mass is 223 g/mol. The summed E-state index contributed by atoms with van der Waals surface area (Å²) in [6, 6.07) is 0.579. The van der Waals surface area contributed by atoms with E-state index in [2.05, 4.69) is 29.3 Å². The van der Waals surface area contributed by atoms with Crippen molar-refractivity contribution in [1.82, 2.24) is 10.1 Å². The van der Waals surface area contributed by atoms with Crippen LogP contribution in [0.15, 0.2) is 4.52 Å².